The molecule has 2 amide bonds. The van der Waals surface area contributed by atoms with Crippen molar-refractivity contribution in [2.45, 2.75) is 37.8 Å². The third-order valence-corrected chi connectivity index (χ3v) is 5.12. The maximum atomic E-state index is 14.1. The molecule has 0 unspecified atom stereocenters. The van der Waals surface area contributed by atoms with Crippen LogP contribution in [0, 0.1) is 5.82 Å². The molecule has 0 aromatic heterocycles. The minimum atomic E-state index is -0.681. The van der Waals surface area contributed by atoms with Crippen molar-refractivity contribution in [2.75, 3.05) is 12.3 Å². The van der Waals surface area contributed by atoms with Crippen LogP contribution in [0.4, 0.5) is 4.39 Å². The van der Waals surface area contributed by atoms with E-state index in [-0.39, 0.29) is 29.9 Å². The standard InChI is InChI=1S/C21H25FN2O2S/c1-3-13-23-21(26)16(2)24(14-17-9-7-8-12-19(17)22)20(25)15-27-18-10-5-4-6-11-18/h4-12,16H,3,13-15H2,1-2H3,(H,23,26)/t16-/m0/s1. The highest BCUT2D eigenvalue weighted by Crippen LogP contribution is 2.20. The molecule has 0 saturated carbocycles. The fourth-order valence-corrected chi connectivity index (χ4v) is 3.34. The Morgan fingerprint density at radius 3 is 2.44 bits per heavy atom. The van der Waals surface area contributed by atoms with Gasteiger partial charge in [-0.2, -0.15) is 0 Å². The number of thioether (sulfide) groups is 1. The minimum absolute atomic E-state index is 0.0571. The highest BCUT2D eigenvalue weighted by Gasteiger charge is 2.26. The van der Waals surface area contributed by atoms with Crippen molar-refractivity contribution >= 4 is 23.6 Å². The quantitative estimate of drug-likeness (QED) is 0.664. The van der Waals surface area contributed by atoms with Gasteiger partial charge in [-0.15, -0.1) is 11.8 Å². The molecule has 4 nitrogen and oxygen atoms in total. The van der Waals surface area contributed by atoms with Gasteiger partial charge in [0.15, 0.2) is 0 Å². The van der Waals surface area contributed by atoms with Gasteiger partial charge >= 0.3 is 0 Å². The normalized spacial score (nSPS) is 11.7. The number of benzene rings is 2. The average molecular weight is 389 g/mol. The summed E-state index contributed by atoms with van der Waals surface area (Å²) in [7, 11) is 0. The van der Waals surface area contributed by atoms with Gasteiger partial charge in [0.25, 0.3) is 0 Å². The summed E-state index contributed by atoms with van der Waals surface area (Å²) in [5, 5.41) is 2.81. The lowest BCUT2D eigenvalue weighted by molar-refractivity contribution is -0.138. The van der Waals surface area contributed by atoms with E-state index >= 15 is 0 Å². The Morgan fingerprint density at radius 2 is 1.78 bits per heavy atom. The summed E-state index contributed by atoms with van der Waals surface area (Å²) in [5.41, 5.74) is 0.394. The second kappa shape index (κ2) is 10.7. The predicted octanol–water partition coefficient (Wildman–Crippen LogP) is 3.86. The maximum Gasteiger partial charge on any atom is 0.242 e. The summed E-state index contributed by atoms with van der Waals surface area (Å²) < 4.78 is 14.1. The number of hydrogen-bond acceptors (Lipinski definition) is 3. The van der Waals surface area contributed by atoms with Gasteiger partial charge in [-0.05, 0) is 31.5 Å². The van der Waals surface area contributed by atoms with Crippen molar-refractivity contribution in [3.8, 4) is 0 Å². The van der Waals surface area contributed by atoms with Gasteiger partial charge in [-0.1, -0.05) is 43.3 Å². The highest BCUT2D eigenvalue weighted by molar-refractivity contribution is 8.00. The fourth-order valence-electron chi connectivity index (χ4n) is 2.53. The number of carbonyl (C=O) groups is 2. The van der Waals surface area contributed by atoms with Crippen LogP contribution in [0.15, 0.2) is 59.5 Å². The van der Waals surface area contributed by atoms with Crippen molar-refractivity contribution in [3.63, 3.8) is 0 Å². The van der Waals surface area contributed by atoms with Crippen LogP contribution in [0.2, 0.25) is 0 Å². The molecule has 0 fully saturated rings. The Bertz CT molecular complexity index is 755. The largest absolute Gasteiger partial charge is 0.354 e. The zero-order chi connectivity index (χ0) is 19.6. The van der Waals surface area contributed by atoms with Crippen molar-refractivity contribution in [1.29, 1.82) is 0 Å². The fraction of sp³-hybridized carbons (Fsp3) is 0.333. The van der Waals surface area contributed by atoms with Crippen LogP contribution >= 0.6 is 11.8 Å². The summed E-state index contributed by atoms with van der Waals surface area (Å²) in [6, 6.07) is 15.2. The van der Waals surface area contributed by atoms with Gasteiger partial charge in [0.1, 0.15) is 11.9 Å². The first-order valence-electron chi connectivity index (χ1n) is 9.01. The van der Waals surface area contributed by atoms with Crippen LogP contribution in [-0.4, -0.2) is 35.1 Å². The van der Waals surface area contributed by atoms with Gasteiger partial charge in [0.05, 0.1) is 5.75 Å². The molecule has 0 radical (unpaired) electrons. The van der Waals surface area contributed by atoms with Gasteiger partial charge < -0.3 is 10.2 Å². The molecule has 0 aliphatic carbocycles. The van der Waals surface area contributed by atoms with E-state index < -0.39 is 6.04 Å². The number of nitrogens with one attached hydrogen (secondary N) is 1. The lowest BCUT2D eigenvalue weighted by Gasteiger charge is -2.29. The van der Waals surface area contributed by atoms with Crippen LogP contribution < -0.4 is 5.32 Å². The van der Waals surface area contributed by atoms with E-state index in [1.807, 2.05) is 37.3 Å². The Morgan fingerprint density at radius 1 is 1.11 bits per heavy atom. The summed E-state index contributed by atoms with van der Waals surface area (Å²) in [4.78, 5) is 27.7. The molecule has 0 spiro atoms. The SMILES string of the molecule is CCCNC(=O)[C@H](C)N(Cc1ccccc1F)C(=O)CSc1ccccc1. The number of halogens is 1. The van der Waals surface area contributed by atoms with Crippen LogP contribution in [0.5, 0.6) is 0 Å². The molecule has 1 N–H and O–H groups in total. The topological polar surface area (TPSA) is 49.4 Å². The lowest BCUT2D eigenvalue weighted by atomic mass is 10.1. The third-order valence-electron chi connectivity index (χ3n) is 4.12. The van der Waals surface area contributed by atoms with E-state index in [9.17, 15) is 14.0 Å². The maximum absolute atomic E-state index is 14.1. The number of hydrogen-bond donors (Lipinski definition) is 1. The number of carbonyl (C=O) groups excluding carboxylic acids is 2. The van der Waals surface area contributed by atoms with E-state index in [2.05, 4.69) is 5.32 Å². The molecule has 2 aromatic carbocycles. The second-order valence-corrected chi connectivity index (χ2v) is 7.23. The Balaban J connectivity index is 2.13. The van der Waals surface area contributed by atoms with E-state index in [1.54, 1.807) is 25.1 Å². The average Bonchev–Trinajstić information content (AvgIpc) is 2.70. The molecule has 144 valence electrons. The summed E-state index contributed by atoms with van der Waals surface area (Å²) in [6.45, 7) is 4.24. The zero-order valence-corrected chi connectivity index (χ0v) is 16.5. The van der Waals surface area contributed by atoms with Crippen molar-refractivity contribution in [2.24, 2.45) is 0 Å². The molecule has 1 atom stereocenters. The molecule has 0 heterocycles. The predicted molar refractivity (Wildman–Crippen MR) is 107 cm³/mol. The molecular formula is C21H25FN2O2S. The van der Waals surface area contributed by atoms with Crippen molar-refractivity contribution in [1.82, 2.24) is 10.2 Å². The summed E-state index contributed by atoms with van der Waals surface area (Å²) in [5.74, 6) is -0.631. The van der Waals surface area contributed by atoms with Gasteiger partial charge in [-0.25, -0.2) is 4.39 Å². The van der Waals surface area contributed by atoms with E-state index in [0.717, 1.165) is 11.3 Å². The minimum Gasteiger partial charge on any atom is -0.354 e. The molecule has 2 rings (SSSR count). The van der Waals surface area contributed by atoms with E-state index in [0.29, 0.717) is 12.1 Å². The summed E-state index contributed by atoms with van der Waals surface area (Å²) >= 11 is 1.40. The smallest absolute Gasteiger partial charge is 0.242 e. The zero-order valence-electron chi connectivity index (χ0n) is 15.7. The van der Waals surface area contributed by atoms with E-state index in [4.69, 9.17) is 0 Å². The lowest BCUT2D eigenvalue weighted by Crippen LogP contribution is -2.48. The van der Waals surface area contributed by atoms with Gasteiger partial charge in [-0.3, -0.25) is 9.59 Å². The third kappa shape index (κ3) is 6.40. The number of amides is 2. The van der Waals surface area contributed by atoms with Crippen molar-refractivity contribution in [3.05, 3.63) is 66.0 Å². The Kier molecular flexibility index (Phi) is 8.33. The second-order valence-electron chi connectivity index (χ2n) is 6.18. The summed E-state index contributed by atoms with van der Waals surface area (Å²) in [6.07, 6.45) is 0.809. The first kappa shape index (κ1) is 21.0. The van der Waals surface area contributed by atoms with Crippen LogP contribution in [-0.2, 0) is 16.1 Å². The Labute approximate surface area is 164 Å². The number of rotatable bonds is 9. The molecule has 0 aliphatic rings. The molecule has 0 bridgehead atoms. The number of nitrogens with zero attached hydrogens (tertiary/aromatic N) is 1. The highest BCUT2D eigenvalue weighted by atomic mass is 32.2. The van der Waals surface area contributed by atoms with Gasteiger partial charge in [0, 0.05) is 23.5 Å². The first-order chi connectivity index (χ1) is 13.0. The Hall–Kier alpha value is -2.34. The molecule has 2 aromatic rings. The molecule has 6 heteroatoms. The van der Waals surface area contributed by atoms with Gasteiger partial charge in [0.2, 0.25) is 11.8 Å². The molecular weight excluding hydrogens is 363 g/mol. The van der Waals surface area contributed by atoms with Crippen LogP contribution in [0.1, 0.15) is 25.8 Å². The monoisotopic (exact) mass is 388 g/mol. The van der Waals surface area contributed by atoms with Crippen LogP contribution in [0.25, 0.3) is 0 Å². The van der Waals surface area contributed by atoms with E-state index in [1.165, 1.54) is 22.7 Å². The molecule has 27 heavy (non-hydrogen) atoms. The first-order valence-corrected chi connectivity index (χ1v) is 10.00. The molecule has 0 aliphatic heterocycles. The van der Waals surface area contributed by atoms with Crippen molar-refractivity contribution < 1.29 is 14.0 Å². The van der Waals surface area contributed by atoms with Crippen LogP contribution in [0.3, 0.4) is 0 Å². The molecule has 0 saturated heterocycles.